The Bertz CT molecular complexity index is 519. The van der Waals surface area contributed by atoms with Crippen LogP contribution in [-0.2, 0) is 16.2 Å². The topological polar surface area (TPSA) is 37.4 Å². The van der Waals surface area contributed by atoms with Gasteiger partial charge in [-0.05, 0) is 24.3 Å². The second-order valence-electron chi connectivity index (χ2n) is 3.74. The molecule has 0 atom stereocenters. The molecular weight excluding hydrogens is 287 g/mol. The van der Waals surface area contributed by atoms with Crippen molar-refractivity contribution >= 4 is 21.8 Å². The van der Waals surface area contributed by atoms with Crippen molar-refractivity contribution in [2.45, 2.75) is 11.1 Å². The van der Waals surface area contributed by atoms with E-state index >= 15 is 0 Å². The van der Waals surface area contributed by atoms with Crippen molar-refractivity contribution in [3.05, 3.63) is 29.8 Å². The number of benzene rings is 1. The zero-order valence-electron chi connectivity index (χ0n) is 9.14. The lowest BCUT2D eigenvalue weighted by atomic mass is 10.2. The van der Waals surface area contributed by atoms with Crippen molar-refractivity contribution in [3.8, 4) is 0 Å². The smallest absolute Gasteiger partial charge is 0.207 e. The number of nitrogens with zero attached hydrogens (tertiary/aromatic N) is 1. The van der Waals surface area contributed by atoms with Crippen LogP contribution in [0.4, 0.5) is 13.2 Å². The number of hydrogen-bond acceptors (Lipinski definition) is 3. The molecule has 0 N–H and O–H groups in total. The molecule has 3 nitrogen and oxygen atoms in total. The SMILES string of the molecule is O=S(=O)(c1ccc(C(F)(F)F)cc1)N1CCSC1. The molecule has 1 aromatic carbocycles. The highest BCUT2D eigenvalue weighted by Crippen LogP contribution is 2.30. The van der Waals surface area contributed by atoms with Gasteiger partial charge in [0, 0.05) is 12.3 Å². The molecule has 0 amide bonds. The maximum absolute atomic E-state index is 12.4. The van der Waals surface area contributed by atoms with Gasteiger partial charge in [0.1, 0.15) is 0 Å². The molecule has 1 aliphatic rings. The molecule has 100 valence electrons. The van der Waals surface area contributed by atoms with E-state index in [1.807, 2.05) is 0 Å². The minimum atomic E-state index is -4.45. The van der Waals surface area contributed by atoms with Crippen molar-refractivity contribution in [1.82, 2.24) is 4.31 Å². The van der Waals surface area contributed by atoms with Crippen LogP contribution in [0.1, 0.15) is 5.56 Å². The summed E-state index contributed by atoms with van der Waals surface area (Å²) in [4.78, 5) is -0.0991. The summed E-state index contributed by atoms with van der Waals surface area (Å²) >= 11 is 1.48. The first kappa shape index (κ1) is 13.7. The fourth-order valence-electron chi connectivity index (χ4n) is 1.55. The molecule has 1 heterocycles. The molecule has 18 heavy (non-hydrogen) atoms. The Morgan fingerprint density at radius 3 is 2.22 bits per heavy atom. The van der Waals surface area contributed by atoms with Crippen LogP contribution in [0.3, 0.4) is 0 Å². The first-order valence-electron chi connectivity index (χ1n) is 5.07. The summed E-state index contributed by atoms with van der Waals surface area (Å²) in [6.07, 6.45) is -4.45. The third kappa shape index (κ3) is 2.65. The Labute approximate surface area is 107 Å². The first-order valence-corrected chi connectivity index (χ1v) is 7.66. The van der Waals surface area contributed by atoms with Crippen molar-refractivity contribution in [2.24, 2.45) is 0 Å². The zero-order chi connectivity index (χ0) is 13.4. The second kappa shape index (κ2) is 4.75. The van der Waals surface area contributed by atoms with Crippen LogP contribution < -0.4 is 0 Å². The van der Waals surface area contributed by atoms with Gasteiger partial charge in [-0.2, -0.15) is 17.5 Å². The Balaban J connectivity index is 2.29. The highest BCUT2D eigenvalue weighted by atomic mass is 32.2. The standard InChI is InChI=1S/C10H10F3NO2S2/c11-10(12,13)8-1-3-9(4-2-8)18(15,16)14-5-6-17-7-14/h1-4H,5-7H2. The summed E-state index contributed by atoms with van der Waals surface area (Å²) < 4.78 is 62.4. The van der Waals surface area contributed by atoms with Gasteiger partial charge >= 0.3 is 6.18 Å². The maximum Gasteiger partial charge on any atom is 0.416 e. The number of alkyl halides is 3. The third-order valence-electron chi connectivity index (χ3n) is 2.54. The van der Waals surface area contributed by atoms with E-state index < -0.39 is 21.8 Å². The highest BCUT2D eigenvalue weighted by Gasteiger charge is 2.32. The number of halogens is 3. The summed E-state index contributed by atoms with van der Waals surface area (Å²) in [6, 6.07) is 3.58. The van der Waals surface area contributed by atoms with E-state index in [1.54, 1.807) is 0 Å². The average Bonchev–Trinajstić information content (AvgIpc) is 2.82. The van der Waals surface area contributed by atoms with E-state index in [9.17, 15) is 21.6 Å². The molecule has 0 spiro atoms. The van der Waals surface area contributed by atoms with Crippen LogP contribution >= 0.6 is 11.8 Å². The molecule has 0 aliphatic carbocycles. The number of hydrogen-bond donors (Lipinski definition) is 0. The van der Waals surface area contributed by atoms with Gasteiger partial charge < -0.3 is 0 Å². The van der Waals surface area contributed by atoms with Crippen molar-refractivity contribution in [1.29, 1.82) is 0 Å². The van der Waals surface area contributed by atoms with Gasteiger partial charge in [0.05, 0.1) is 16.3 Å². The quantitative estimate of drug-likeness (QED) is 0.841. The Morgan fingerprint density at radius 2 is 1.78 bits per heavy atom. The van der Waals surface area contributed by atoms with Crippen LogP contribution in [0.25, 0.3) is 0 Å². The summed E-state index contributed by atoms with van der Waals surface area (Å²) in [6.45, 7) is 0.397. The molecule has 8 heteroatoms. The Morgan fingerprint density at radius 1 is 1.17 bits per heavy atom. The van der Waals surface area contributed by atoms with Gasteiger partial charge in [-0.25, -0.2) is 8.42 Å². The van der Waals surface area contributed by atoms with E-state index in [-0.39, 0.29) is 4.90 Å². The maximum atomic E-state index is 12.4. The average molecular weight is 297 g/mol. The predicted octanol–water partition coefficient (Wildman–Crippen LogP) is 2.40. The van der Waals surface area contributed by atoms with Crippen molar-refractivity contribution in [2.75, 3.05) is 18.2 Å². The van der Waals surface area contributed by atoms with Crippen LogP contribution in [0.15, 0.2) is 29.2 Å². The lowest BCUT2D eigenvalue weighted by Crippen LogP contribution is -2.28. The predicted molar refractivity (Wildman–Crippen MR) is 62.7 cm³/mol. The molecular formula is C10H10F3NO2S2. The Kier molecular flexibility index (Phi) is 3.61. The Hall–Kier alpha value is -0.730. The molecule has 1 saturated heterocycles. The molecule has 1 fully saturated rings. The highest BCUT2D eigenvalue weighted by molar-refractivity contribution is 8.00. The fraction of sp³-hybridized carbons (Fsp3) is 0.400. The number of thioether (sulfide) groups is 1. The fourth-order valence-corrected chi connectivity index (χ4v) is 4.37. The normalized spacial score (nSPS) is 18.2. The second-order valence-corrected chi connectivity index (χ2v) is 6.75. The van der Waals surface area contributed by atoms with Gasteiger partial charge in [0.25, 0.3) is 0 Å². The summed E-state index contributed by atoms with van der Waals surface area (Å²) in [5.74, 6) is 1.06. The van der Waals surface area contributed by atoms with Gasteiger partial charge in [-0.1, -0.05) is 0 Å². The van der Waals surface area contributed by atoms with Crippen LogP contribution in [0.5, 0.6) is 0 Å². The van der Waals surface area contributed by atoms with Crippen LogP contribution in [-0.4, -0.2) is 30.9 Å². The van der Waals surface area contributed by atoms with Crippen LogP contribution in [0.2, 0.25) is 0 Å². The monoisotopic (exact) mass is 297 g/mol. The molecule has 0 aromatic heterocycles. The van der Waals surface area contributed by atoms with Crippen LogP contribution in [0, 0.1) is 0 Å². The molecule has 1 aromatic rings. The number of rotatable bonds is 2. The van der Waals surface area contributed by atoms with E-state index in [0.717, 1.165) is 24.3 Å². The summed E-state index contributed by atoms with van der Waals surface area (Å²) in [5, 5.41) is 0. The van der Waals surface area contributed by atoms with Gasteiger partial charge in [0.15, 0.2) is 0 Å². The molecule has 0 bridgehead atoms. The molecule has 0 unspecified atom stereocenters. The lowest BCUT2D eigenvalue weighted by Gasteiger charge is -2.15. The van der Waals surface area contributed by atoms with E-state index in [0.29, 0.717) is 18.2 Å². The van der Waals surface area contributed by atoms with E-state index in [1.165, 1.54) is 16.1 Å². The van der Waals surface area contributed by atoms with Crippen molar-refractivity contribution in [3.63, 3.8) is 0 Å². The molecule has 2 rings (SSSR count). The third-order valence-corrected chi connectivity index (χ3v) is 5.53. The minimum absolute atomic E-state index is 0.0991. The lowest BCUT2D eigenvalue weighted by molar-refractivity contribution is -0.137. The first-order chi connectivity index (χ1) is 8.32. The summed E-state index contributed by atoms with van der Waals surface area (Å²) in [7, 11) is -3.66. The molecule has 0 radical (unpaired) electrons. The zero-order valence-corrected chi connectivity index (χ0v) is 10.8. The van der Waals surface area contributed by atoms with E-state index in [4.69, 9.17) is 0 Å². The number of sulfonamides is 1. The molecule has 1 aliphatic heterocycles. The minimum Gasteiger partial charge on any atom is -0.207 e. The van der Waals surface area contributed by atoms with E-state index in [2.05, 4.69) is 0 Å². The largest absolute Gasteiger partial charge is 0.416 e. The summed E-state index contributed by atoms with van der Waals surface area (Å²) in [5.41, 5.74) is -0.850. The van der Waals surface area contributed by atoms with Gasteiger partial charge in [-0.15, -0.1) is 11.8 Å². The van der Waals surface area contributed by atoms with Gasteiger partial charge in [0.2, 0.25) is 10.0 Å². The van der Waals surface area contributed by atoms with Gasteiger partial charge in [-0.3, -0.25) is 0 Å². The molecule has 0 saturated carbocycles. The van der Waals surface area contributed by atoms with Crippen molar-refractivity contribution < 1.29 is 21.6 Å².